The monoisotopic (exact) mass is 582 g/mol. The molecule has 0 saturated carbocycles. The molecule has 4 rings (SSSR count). The van der Waals surface area contributed by atoms with Crippen molar-refractivity contribution in [2.75, 3.05) is 31.0 Å². The average Bonchev–Trinajstić information content (AvgIpc) is 3.21. The van der Waals surface area contributed by atoms with E-state index in [9.17, 15) is 18.0 Å². The molecule has 1 aliphatic heterocycles. The third-order valence-corrected chi connectivity index (χ3v) is 8.24. The summed E-state index contributed by atoms with van der Waals surface area (Å²) in [6.07, 6.45) is 0.529. The first kappa shape index (κ1) is 29.1. The van der Waals surface area contributed by atoms with Crippen LogP contribution < -0.4 is 24.8 Å². The van der Waals surface area contributed by atoms with E-state index in [0.29, 0.717) is 41.0 Å². The van der Waals surface area contributed by atoms with Crippen molar-refractivity contribution in [1.29, 1.82) is 0 Å². The number of nitrogens with one attached hydrogen (secondary N) is 1. The summed E-state index contributed by atoms with van der Waals surface area (Å²) in [6.45, 7) is 2.26. The van der Waals surface area contributed by atoms with Crippen LogP contribution in [0, 0.1) is 6.92 Å². The molecule has 12 heteroatoms. The molecule has 1 saturated heterocycles. The lowest BCUT2D eigenvalue weighted by atomic mass is 10.1. The van der Waals surface area contributed by atoms with Crippen LogP contribution in [0.3, 0.4) is 0 Å². The topological polar surface area (TPSA) is 140 Å². The summed E-state index contributed by atoms with van der Waals surface area (Å²) in [4.78, 5) is 32.1. The smallest absolute Gasteiger partial charge is 0.247 e. The maximum atomic E-state index is 13.3. The van der Waals surface area contributed by atoms with Crippen molar-refractivity contribution in [1.82, 2.24) is 0 Å². The summed E-state index contributed by atoms with van der Waals surface area (Å²) in [6, 6.07) is 18.8. The van der Waals surface area contributed by atoms with E-state index in [4.69, 9.17) is 19.6 Å². The van der Waals surface area contributed by atoms with Gasteiger partial charge in [-0.15, -0.1) is 0 Å². The molecule has 0 aromatic heterocycles. The Morgan fingerprint density at radius 2 is 1.75 bits per heavy atom. The molecule has 0 spiro atoms. The molecule has 1 fully saturated rings. The number of aryl methyl sites for hydroxylation is 1. The minimum atomic E-state index is -3.78. The fraction of sp³-hybridized carbons (Fsp3) is 0.250. The summed E-state index contributed by atoms with van der Waals surface area (Å²) in [5.74, 6) is 0.548. The van der Waals surface area contributed by atoms with Gasteiger partial charge in [-0.3, -0.25) is 14.6 Å². The third-order valence-electron chi connectivity index (χ3n) is 6.21. The molecule has 40 heavy (non-hydrogen) atoms. The number of primary sulfonamides is 1. The highest BCUT2D eigenvalue weighted by atomic mass is 32.2. The highest BCUT2D eigenvalue weighted by Crippen LogP contribution is 2.34. The molecule has 1 aliphatic rings. The highest BCUT2D eigenvalue weighted by Gasteiger charge is 2.40. The van der Waals surface area contributed by atoms with Crippen LogP contribution in [0.2, 0.25) is 0 Å². The first-order valence-corrected chi connectivity index (χ1v) is 14.8. The van der Waals surface area contributed by atoms with E-state index >= 15 is 0 Å². The Bertz CT molecular complexity index is 1520. The molecule has 3 aromatic carbocycles. The third kappa shape index (κ3) is 7.00. The minimum Gasteiger partial charge on any atom is -0.497 e. The molecule has 3 N–H and O–H groups in total. The van der Waals surface area contributed by atoms with E-state index in [2.05, 4.69) is 5.32 Å². The Morgan fingerprint density at radius 1 is 1.05 bits per heavy atom. The van der Waals surface area contributed by atoms with Crippen LogP contribution in [0.15, 0.2) is 76.6 Å². The quantitative estimate of drug-likeness (QED) is 0.221. The van der Waals surface area contributed by atoms with Gasteiger partial charge in [0.1, 0.15) is 16.7 Å². The number of amides is 2. The maximum absolute atomic E-state index is 13.3. The molecule has 1 unspecified atom stereocenters. The molecule has 3 aromatic rings. The van der Waals surface area contributed by atoms with Gasteiger partial charge in [0.2, 0.25) is 21.8 Å². The van der Waals surface area contributed by atoms with E-state index in [0.717, 1.165) is 11.1 Å². The molecule has 0 bridgehead atoms. The number of rotatable bonds is 9. The fourth-order valence-electron chi connectivity index (χ4n) is 4.06. The van der Waals surface area contributed by atoms with Crippen LogP contribution in [-0.4, -0.2) is 51.4 Å². The molecule has 2 amide bonds. The molecule has 1 heterocycles. The van der Waals surface area contributed by atoms with Crippen LogP contribution in [0.25, 0.3) is 0 Å². The van der Waals surface area contributed by atoms with Gasteiger partial charge in [-0.05, 0) is 55.3 Å². The Morgan fingerprint density at radius 3 is 2.38 bits per heavy atom. The largest absolute Gasteiger partial charge is 0.497 e. The van der Waals surface area contributed by atoms with Crippen molar-refractivity contribution in [2.45, 2.75) is 29.9 Å². The van der Waals surface area contributed by atoms with Crippen LogP contribution in [0.4, 0.5) is 11.4 Å². The summed E-state index contributed by atoms with van der Waals surface area (Å²) >= 11 is 1.17. The number of carbonyl (C=O) groups is 2. The number of nitrogens with zero attached hydrogens (tertiary/aromatic N) is 2. The van der Waals surface area contributed by atoms with Gasteiger partial charge in [0.15, 0.2) is 5.17 Å². The van der Waals surface area contributed by atoms with Gasteiger partial charge >= 0.3 is 0 Å². The second kappa shape index (κ2) is 12.5. The molecule has 0 radical (unpaired) electrons. The van der Waals surface area contributed by atoms with Gasteiger partial charge < -0.3 is 14.8 Å². The van der Waals surface area contributed by atoms with Crippen LogP contribution in [0.5, 0.6) is 11.5 Å². The number of imide groups is 1. The number of methoxy groups -OCH3 is 2. The number of sulfonamides is 1. The van der Waals surface area contributed by atoms with Gasteiger partial charge in [-0.2, -0.15) is 0 Å². The van der Waals surface area contributed by atoms with Gasteiger partial charge in [0.25, 0.3) is 0 Å². The zero-order valence-corrected chi connectivity index (χ0v) is 23.9. The van der Waals surface area contributed by atoms with Crippen LogP contribution >= 0.6 is 11.8 Å². The van der Waals surface area contributed by atoms with E-state index in [-0.39, 0.29) is 23.1 Å². The predicted molar refractivity (Wildman–Crippen MR) is 157 cm³/mol. The fourth-order valence-corrected chi connectivity index (χ4v) is 5.61. The summed E-state index contributed by atoms with van der Waals surface area (Å²) in [5.41, 5.74) is 3.00. The van der Waals surface area contributed by atoms with Crippen molar-refractivity contribution in [3.63, 3.8) is 0 Å². The maximum Gasteiger partial charge on any atom is 0.247 e. The van der Waals surface area contributed by atoms with Gasteiger partial charge in [-0.1, -0.05) is 41.6 Å². The normalized spacial score (nSPS) is 15.8. The van der Waals surface area contributed by atoms with Crippen molar-refractivity contribution in [3.05, 3.63) is 77.9 Å². The number of anilines is 2. The lowest BCUT2D eigenvalue weighted by Gasteiger charge is -2.17. The zero-order valence-electron chi connectivity index (χ0n) is 22.3. The van der Waals surface area contributed by atoms with Crippen molar-refractivity contribution < 1.29 is 27.5 Å². The lowest BCUT2D eigenvalue weighted by Crippen LogP contribution is -2.31. The van der Waals surface area contributed by atoms with Gasteiger partial charge in [0, 0.05) is 19.0 Å². The van der Waals surface area contributed by atoms with E-state index in [1.807, 2.05) is 19.1 Å². The van der Waals surface area contributed by atoms with Crippen molar-refractivity contribution in [3.8, 4) is 11.5 Å². The number of amidine groups is 1. The number of carbonyl (C=O) groups excluding carboxylic acids is 2. The number of thioether (sulfide) groups is 1. The summed E-state index contributed by atoms with van der Waals surface area (Å²) < 4.78 is 33.9. The van der Waals surface area contributed by atoms with E-state index < -0.39 is 15.3 Å². The first-order valence-electron chi connectivity index (χ1n) is 12.3. The number of hydrogen-bond donors (Lipinski definition) is 2. The number of nitrogens with two attached hydrogens (primary N) is 1. The molecule has 0 aliphatic carbocycles. The Balaban J connectivity index is 1.56. The minimum absolute atomic E-state index is 0.0301. The lowest BCUT2D eigenvalue weighted by molar-refractivity contribution is -0.121. The van der Waals surface area contributed by atoms with E-state index in [1.165, 1.54) is 28.8 Å². The summed E-state index contributed by atoms with van der Waals surface area (Å²) in [5, 5.41) is 8.17. The first-order chi connectivity index (χ1) is 19.1. The van der Waals surface area contributed by atoms with Crippen LogP contribution in [0.1, 0.15) is 17.5 Å². The van der Waals surface area contributed by atoms with Crippen molar-refractivity contribution >= 4 is 50.1 Å². The number of benzene rings is 3. The van der Waals surface area contributed by atoms with Crippen molar-refractivity contribution in [2.24, 2.45) is 10.1 Å². The Kier molecular flexibility index (Phi) is 9.13. The standard InChI is InChI=1S/C28H30N4O6S2/c1-18-4-8-20(9-5-18)32-26(33)17-25(27(32)34)39-28(31-23-16-21(37-2)10-13-24(23)38-3)30-15-14-19-6-11-22(12-7-19)40(29,35)36/h4-13,16,25H,14-15,17H2,1-3H3,(H,30,31)(H2,29,35,36). The Hall–Kier alpha value is -3.87. The molecule has 10 nitrogen and oxygen atoms in total. The average molecular weight is 583 g/mol. The molecular weight excluding hydrogens is 552 g/mol. The highest BCUT2D eigenvalue weighted by molar-refractivity contribution is 8.15. The summed E-state index contributed by atoms with van der Waals surface area (Å²) in [7, 11) is -0.680. The van der Waals surface area contributed by atoms with Gasteiger partial charge in [0.05, 0.1) is 30.5 Å². The van der Waals surface area contributed by atoms with E-state index in [1.54, 1.807) is 56.7 Å². The SMILES string of the molecule is COc1ccc(OC)c(NC(=NCCc2ccc(S(N)(=O)=O)cc2)SC2CC(=O)N(c3ccc(C)cc3)C2=O)c1. The second-order valence-electron chi connectivity index (χ2n) is 9.03. The second-order valence-corrected chi connectivity index (χ2v) is 11.8. The predicted octanol–water partition coefficient (Wildman–Crippen LogP) is 3.74. The number of hydrogen-bond acceptors (Lipinski definition) is 8. The van der Waals surface area contributed by atoms with Crippen LogP contribution in [-0.2, 0) is 26.0 Å². The zero-order chi connectivity index (χ0) is 28.9. The Labute approximate surface area is 237 Å². The molecular formula is C28H30N4O6S2. The molecule has 210 valence electrons. The number of aliphatic imine (C=N–C) groups is 1. The molecule has 1 atom stereocenters. The van der Waals surface area contributed by atoms with Gasteiger partial charge in [-0.25, -0.2) is 18.5 Å². The number of ether oxygens (including phenoxy) is 2.